The molecule has 0 radical (unpaired) electrons. The van der Waals surface area contributed by atoms with E-state index < -0.39 is 23.6 Å². The third-order valence-corrected chi connectivity index (χ3v) is 5.80. The Labute approximate surface area is 195 Å². The average Bonchev–Trinajstić information content (AvgIpc) is 2.99. The van der Waals surface area contributed by atoms with Gasteiger partial charge in [0.05, 0.1) is 16.8 Å². The smallest absolute Gasteiger partial charge is 0.350 e. The van der Waals surface area contributed by atoms with Crippen LogP contribution in [-0.4, -0.2) is 11.8 Å². The predicted molar refractivity (Wildman–Crippen MR) is 126 cm³/mol. The molecule has 1 N–H and O–H groups in total. The SMILES string of the molecule is Cc1ccc(C2=C(Nc3cccc(C(F)(F)F)c3)C(=O)N(c3cc(C)ccc3C)C2=O)c(C)c1. The van der Waals surface area contributed by atoms with Crippen LogP contribution in [0.4, 0.5) is 24.5 Å². The number of nitrogens with one attached hydrogen (secondary N) is 1. The standard InChI is InChI=1S/C27H23F3N2O2/c1-15-9-11-21(18(4)12-15)23-24(31-20-7-5-6-19(14-20)27(28,29)30)26(34)32(25(23)33)22-13-16(2)8-10-17(22)3/h5-14,31H,1-4H3. The van der Waals surface area contributed by atoms with Crippen LogP contribution in [0.3, 0.4) is 0 Å². The molecule has 3 aromatic rings. The number of halogens is 3. The second kappa shape index (κ2) is 8.48. The first-order valence-electron chi connectivity index (χ1n) is 10.7. The van der Waals surface area contributed by atoms with Gasteiger partial charge in [-0.1, -0.05) is 42.0 Å². The number of hydrogen-bond donors (Lipinski definition) is 1. The van der Waals surface area contributed by atoms with Gasteiger partial charge in [0.25, 0.3) is 11.8 Å². The molecule has 1 aliphatic heterocycles. The first-order valence-corrected chi connectivity index (χ1v) is 10.7. The molecule has 0 spiro atoms. The summed E-state index contributed by atoms with van der Waals surface area (Å²) in [5.41, 5.74) is 3.63. The van der Waals surface area contributed by atoms with Gasteiger partial charge in [0, 0.05) is 5.69 Å². The second-order valence-electron chi connectivity index (χ2n) is 8.51. The molecule has 2 amide bonds. The predicted octanol–water partition coefficient (Wildman–Crippen LogP) is 6.34. The van der Waals surface area contributed by atoms with E-state index in [4.69, 9.17) is 0 Å². The van der Waals surface area contributed by atoms with Gasteiger partial charge in [-0.3, -0.25) is 9.59 Å². The van der Waals surface area contributed by atoms with Crippen molar-refractivity contribution >= 4 is 28.8 Å². The highest BCUT2D eigenvalue weighted by molar-refractivity contribution is 6.46. The minimum absolute atomic E-state index is 0.0582. The first kappa shape index (κ1) is 23.3. The zero-order chi connectivity index (χ0) is 24.8. The van der Waals surface area contributed by atoms with Crippen LogP contribution in [0.15, 0.2) is 66.4 Å². The molecule has 7 heteroatoms. The lowest BCUT2D eigenvalue weighted by atomic mass is 9.97. The molecule has 34 heavy (non-hydrogen) atoms. The van der Waals surface area contributed by atoms with E-state index in [1.165, 1.54) is 12.1 Å². The van der Waals surface area contributed by atoms with Gasteiger partial charge in [-0.05, 0) is 74.2 Å². The third-order valence-electron chi connectivity index (χ3n) is 5.80. The van der Waals surface area contributed by atoms with Gasteiger partial charge < -0.3 is 5.32 Å². The van der Waals surface area contributed by atoms with Crippen molar-refractivity contribution in [3.05, 3.63) is 99.7 Å². The number of aryl methyl sites for hydroxylation is 4. The van der Waals surface area contributed by atoms with Crippen molar-refractivity contribution in [2.24, 2.45) is 0 Å². The number of carbonyl (C=O) groups is 2. The minimum Gasteiger partial charge on any atom is -0.350 e. The van der Waals surface area contributed by atoms with E-state index in [1.54, 1.807) is 19.1 Å². The van der Waals surface area contributed by atoms with Gasteiger partial charge in [0.1, 0.15) is 5.70 Å². The van der Waals surface area contributed by atoms with Crippen molar-refractivity contribution in [2.45, 2.75) is 33.9 Å². The van der Waals surface area contributed by atoms with E-state index in [0.29, 0.717) is 11.3 Å². The number of anilines is 2. The molecule has 0 atom stereocenters. The maximum absolute atomic E-state index is 13.7. The van der Waals surface area contributed by atoms with Gasteiger partial charge in [-0.25, -0.2) is 4.90 Å². The lowest BCUT2D eigenvalue weighted by Crippen LogP contribution is -2.33. The van der Waals surface area contributed by atoms with Crippen LogP contribution in [0.5, 0.6) is 0 Å². The van der Waals surface area contributed by atoms with E-state index in [1.807, 2.05) is 45.0 Å². The Morgan fingerprint density at radius 3 is 2.12 bits per heavy atom. The Balaban J connectivity index is 1.88. The Kier molecular flexibility index (Phi) is 5.81. The fourth-order valence-electron chi connectivity index (χ4n) is 4.09. The molecule has 0 saturated heterocycles. The van der Waals surface area contributed by atoms with E-state index in [2.05, 4.69) is 5.32 Å². The van der Waals surface area contributed by atoms with Crippen molar-refractivity contribution in [1.82, 2.24) is 0 Å². The monoisotopic (exact) mass is 464 g/mol. The maximum atomic E-state index is 13.7. The number of nitrogens with zero attached hydrogens (tertiary/aromatic N) is 1. The number of carbonyl (C=O) groups excluding carboxylic acids is 2. The summed E-state index contributed by atoms with van der Waals surface area (Å²) >= 11 is 0. The number of rotatable bonds is 4. The molecule has 0 unspecified atom stereocenters. The van der Waals surface area contributed by atoms with E-state index in [0.717, 1.165) is 39.3 Å². The molecule has 3 aromatic carbocycles. The topological polar surface area (TPSA) is 49.4 Å². The van der Waals surface area contributed by atoms with Crippen molar-refractivity contribution in [3.63, 3.8) is 0 Å². The summed E-state index contributed by atoms with van der Waals surface area (Å²) in [7, 11) is 0. The van der Waals surface area contributed by atoms with Crippen LogP contribution >= 0.6 is 0 Å². The molecule has 0 fully saturated rings. The van der Waals surface area contributed by atoms with Crippen molar-refractivity contribution in [2.75, 3.05) is 10.2 Å². The summed E-state index contributed by atoms with van der Waals surface area (Å²) in [4.78, 5) is 28.4. The van der Waals surface area contributed by atoms with Crippen molar-refractivity contribution < 1.29 is 22.8 Å². The quantitative estimate of drug-likeness (QED) is 0.459. The molecular weight excluding hydrogens is 441 g/mol. The van der Waals surface area contributed by atoms with Gasteiger partial charge >= 0.3 is 6.18 Å². The molecule has 0 bridgehead atoms. The molecule has 0 aliphatic carbocycles. The lowest BCUT2D eigenvalue weighted by Gasteiger charge is -2.18. The van der Waals surface area contributed by atoms with Gasteiger partial charge in [0.2, 0.25) is 0 Å². The highest BCUT2D eigenvalue weighted by Crippen LogP contribution is 2.37. The van der Waals surface area contributed by atoms with E-state index in [9.17, 15) is 22.8 Å². The average molecular weight is 464 g/mol. The number of alkyl halides is 3. The molecule has 174 valence electrons. The number of hydrogen-bond acceptors (Lipinski definition) is 3. The summed E-state index contributed by atoms with van der Waals surface area (Å²) in [5.74, 6) is -1.15. The summed E-state index contributed by atoms with van der Waals surface area (Å²) < 4.78 is 39.7. The van der Waals surface area contributed by atoms with Crippen LogP contribution in [0.1, 0.15) is 33.4 Å². The fourth-order valence-corrected chi connectivity index (χ4v) is 4.09. The summed E-state index contributed by atoms with van der Waals surface area (Å²) in [6.07, 6.45) is -4.54. The second-order valence-corrected chi connectivity index (χ2v) is 8.51. The highest BCUT2D eigenvalue weighted by Gasteiger charge is 2.41. The van der Waals surface area contributed by atoms with Crippen molar-refractivity contribution in [1.29, 1.82) is 0 Å². The highest BCUT2D eigenvalue weighted by atomic mass is 19.4. The molecule has 1 aliphatic rings. The van der Waals surface area contributed by atoms with E-state index in [-0.39, 0.29) is 17.0 Å². The Hall–Kier alpha value is -3.87. The van der Waals surface area contributed by atoms with Crippen molar-refractivity contribution in [3.8, 4) is 0 Å². The lowest BCUT2D eigenvalue weighted by molar-refractivity contribution is -0.137. The van der Waals surface area contributed by atoms with Gasteiger partial charge in [-0.2, -0.15) is 13.2 Å². The number of amides is 2. The zero-order valence-electron chi connectivity index (χ0n) is 19.2. The normalized spacial score (nSPS) is 14.3. The number of imide groups is 1. The summed E-state index contributed by atoms with van der Waals surface area (Å²) in [6.45, 7) is 7.39. The number of benzene rings is 3. The molecular formula is C27H23F3N2O2. The van der Waals surface area contributed by atoms with E-state index >= 15 is 0 Å². The fraction of sp³-hybridized carbons (Fsp3) is 0.185. The van der Waals surface area contributed by atoms with Crippen LogP contribution < -0.4 is 10.2 Å². The van der Waals surface area contributed by atoms with Gasteiger partial charge in [0.15, 0.2) is 0 Å². The van der Waals surface area contributed by atoms with Crippen LogP contribution in [0.25, 0.3) is 5.57 Å². The minimum atomic E-state index is -4.54. The van der Waals surface area contributed by atoms with Gasteiger partial charge in [-0.15, -0.1) is 0 Å². The molecule has 0 aromatic heterocycles. The maximum Gasteiger partial charge on any atom is 0.416 e. The Morgan fingerprint density at radius 2 is 1.44 bits per heavy atom. The van der Waals surface area contributed by atoms with Crippen LogP contribution in [0, 0.1) is 27.7 Å². The first-order chi connectivity index (χ1) is 16.0. The molecule has 0 saturated carbocycles. The largest absolute Gasteiger partial charge is 0.416 e. The molecule has 1 heterocycles. The molecule has 4 nitrogen and oxygen atoms in total. The Morgan fingerprint density at radius 1 is 0.765 bits per heavy atom. The zero-order valence-corrected chi connectivity index (χ0v) is 19.2. The summed E-state index contributed by atoms with van der Waals surface area (Å²) in [6, 6.07) is 15.5. The third kappa shape index (κ3) is 4.21. The van der Waals surface area contributed by atoms with Crippen LogP contribution in [0.2, 0.25) is 0 Å². The Bertz CT molecular complexity index is 1360. The summed E-state index contributed by atoms with van der Waals surface area (Å²) in [5, 5.41) is 2.83. The van der Waals surface area contributed by atoms with Crippen LogP contribution in [-0.2, 0) is 15.8 Å². The molecule has 4 rings (SSSR count).